The van der Waals surface area contributed by atoms with Crippen LogP contribution < -0.4 is 5.32 Å². The highest BCUT2D eigenvalue weighted by Crippen LogP contribution is 2.14. The maximum atomic E-state index is 3.57. The molecular formula is C9H13N. The third-order valence-electron chi connectivity index (χ3n) is 2.22. The normalized spacial score (nSPS) is 37.6. The minimum atomic E-state index is 0.623. The third-order valence-corrected chi connectivity index (χ3v) is 2.22. The number of fused-ring (bicyclic) bond motifs is 2. The molecule has 2 aliphatic heterocycles. The summed E-state index contributed by atoms with van der Waals surface area (Å²) in [6.07, 6.45) is 12.8. The van der Waals surface area contributed by atoms with E-state index in [1.165, 1.54) is 19.3 Å². The van der Waals surface area contributed by atoms with E-state index in [0.29, 0.717) is 12.1 Å². The SMILES string of the molecule is C1=CCC2CC=CC(C1)N2. The summed E-state index contributed by atoms with van der Waals surface area (Å²) in [5.41, 5.74) is 0. The zero-order valence-electron chi connectivity index (χ0n) is 6.09. The van der Waals surface area contributed by atoms with Crippen LogP contribution in [0, 0.1) is 0 Å². The van der Waals surface area contributed by atoms with Crippen molar-refractivity contribution in [2.24, 2.45) is 0 Å². The van der Waals surface area contributed by atoms with Crippen LogP contribution in [-0.4, -0.2) is 12.1 Å². The molecule has 0 amide bonds. The van der Waals surface area contributed by atoms with Gasteiger partial charge in [-0.15, -0.1) is 0 Å². The average molecular weight is 135 g/mol. The Morgan fingerprint density at radius 1 is 1.00 bits per heavy atom. The van der Waals surface area contributed by atoms with Gasteiger partial charge in [0.05, 0.1) is 0 Å². The van der Waals surface area contributed by atoms with Crippen molar-refractivity contribution >= 4 is 0 Å². The van der Waals surface area contributed by atoms with E-state index in [-0.39, 0.29) is 0 Å². The number of hydrogen-bond donors (Lipinski definition) is 1. The molecule has 54 valence electrons. The Hall–Kier alpha value is -0.560. The Labute approximate surface area is 61.8 Å². The Balaban J connectivity index is 2.14. The van der Waals surface area contributed by atoms with E-state index in [2.05, 4.69) is 29.6 Å². The predicted molar refractivity (Wildman–Crippen MR) is 42.8 cm³/mol. The molecule has 2 heterocycles. The van der Waals surface area contributed by atoms with Crippen LogP contribution in [0.1, 0.15) is 19.3 Å². The van der Waals surface area contributed by atoms with Crippen LogP contribution in [0.3, 0.4) is 0 Å². The first-order valence-corrected chi connectivity index (χ1v) is 4.03. The standard InChI is InChI=1S/C9H13N/c1-2-5-9-7-3-6-8(4-1)10-9/h1-3,6,8-10H,4-5,7H2. The van der Waals surface area contributed by atoms with Crippen LogP contribution in [-0.2, 0) is 0 Å². The first-order valence-electron chi connectivity index (χ1n) is 4.03. The van der Waals surface area contributed by atoms with Crippen molar-refractivity contribution in [3.8, 4) is 0 Å². The van der Waals surface area contributed by atoms with Crippen LogP contribution in [0.15, 0.2) is 24.3 Å². The summed E-state index contributed by atoms with van der Waals surface area (Å²) < 4.78 is 0. The first-order chi connectivity index (χ1) is 4.95. The molecule has 0 radical (unpaired) electrons. The molecule has 0 fully saturated rings. The van der Waals surface area contributed by atoms with Gasteiger partial charge in [0.2, 0.25) is 0 Å². The molecule has 2 rings (SSSR count). The van der Waals surface area contributed by atoms with Crippen molar-refractivity contribution in [2.45, 2.75) is 31.3 Å². The van der Waals surface area contributed by atoms with Gasteiger partial charge in [0.1, 0.15) is 0 Å². The Bertz CT molecular complexity index is 170. The second-order valence-corrected chi connectivity index (χ2v) is 3.08. The maximum absolute atomic E-state index is 3.57. The minimum Gasteiger partial charge on any atom is -0.307 e. The highest BCUT2D eigenvalue weighted by Gasteiger charge is 2.16. The summed E-state index contributed by atoms with van der Waals surface area (Å²) in [4.78, 5) is 0. The average Bonchev–Trinajstić information content (AvgIpc) is 2.12. The van der Waals surface area contributed by atoms with Gasteiger partial charge < -0.3 is 5.32 Å². The summed E-state index contributed by atoms with van der Waals surface area (Å²) in [5.74, 6) is 0. The molecule has 0 spiro atoms. The highest BCUT2D eigenvalue weighted by atomic mass is 15.0. The lowest BCUT2D eigenvalue weighted by Crippen LogP contribution is -2.37. The Kier molecular flexibility index (Phi) is 1.60. The second kappa shape index (κ2) is 2.59. The number of hydrogen-bond acceptors (Lipinski definition) is 1. The molecular weight excluding hydrogens is 122 g/mol. The smallest absolute Gasteiger partial charge is 0.0287 e. The quantitative estimate of drug-likeness (QED) is 0.498. The fourth-order valence-corrected chi connectivity index (χ4v) is 1.65. The van der Waals surface area contributed by atoms with Crippen molar-refractivity contribution in [2.75, 3.05) is 0 Å². The third kappa shape index (κ3) is 1.14. The first kappa shape index (κ1) is 6.17. The molecule has 0 aromatic heterocycles. The zero-order chi connectivity index (χ0) is 6.81. The van der Waals surface area contributed by atoms with Crippen molar-refractivity contribution < 1.29 is 0 Å². The van der Waals surface area contributed by atoms with Crippen LogP contribution in [0.2, 0.25) is 0 Å². The van der Waals surface area contributed by atoms with Gasteiger partial charge in [0.25, 0.3) is 0 Å². The predicted octanol–water partition coefficient (Wildman–Crippen LogP) is 1.62. The van der Waals surface area contributed by atoms with E-state index < -0.39 is 0 Å². The van der Waals surface area contributed by atoms with Crippen molar-refractivity contribution in [3.05, 3.63) is 24.3 Å². The summed E-state index contributed by atoms with van der Waals surface area (Å²) in [6, 6.07) is 1.34. The second-order valence-electron chi connectivity index (χ2n) is 3.08. The van der Waals surface area contributed by atoms with Gasteiger partial charge in [0, 0.05) is 12.1 Å². The fraction of sp³-hybridized carbons (Fsp3) is 0.556. The van der Waals surface area contributed by atoms with E-state index in [1.54, 1.807) is 0 Å². The van der Waals surface area contributed by atoms with Crippen molar-refractivity contribution in [1.82, 2.24) is 5.32 Å². The topological polar surface area (TPSA) is 12.0 Å². The van der Waals surface area contributed by atoms with Crippen LogP contribution >= 0.6 is 0 Å². The van der Waals surface area contributed by atoms with Crippen LogP contribution in [0.4, 0.5) is 0 Å². The van der Waals surface area contributed by atoms with Gasteiger partial charge >= 0.3 is 0 Å². The fourth-order valence-electron chi connectivity index (χ4n) is 1.65. The summed E-state index contributed by atoms with van der Waals surface area (Å²) in [6.45, 7) is 0. The van der Waals surface area contributed by atoms with Crippen LogP contribution in [0.5, 0.6) is 0 Å². The van der Waals surface area contributed by atoms with Gasteiger partial charge in [-0.25, -0.2) is 0 Å². The van der Waals surface area contributed by atoms with E-state index in [9.17, 15) is 0 Å². The summed E-state index contributed by atoms with van der Waals surface area (Å²) in [7, 11) is 0. The molecule has 2 aliphatic rings. The lowest BCUT2D eigenvalue weighted by atomic mass is 10.0. The molecule has 2 unspecified atom stereocenters. The number of nitrogens with one attached hydrogen (secondary N) is 1. The van der Waals surface area contributed by atoms with E-state index in [0.717, 1.165) is 0 Å². The van der Waals surface area contributed by atoms with Gasteiger partial charge in [-0.1, -0.05) is 24.3 Å². The number of rotatable bonds is 0. The monoisotopic (exact) mass is 135 g/mol. The summed E-state index contributed by atoms with van der Waals surface area (Å²) >= 11 is 0. The molecule has 0 saturated heterocycles. The molecule has 0 saturated carbocycles. The van der Waals surface area contributed by atoms with Crippen molar-refractivity contribution in [3.63, 3.8) is 0 Å². The molecule has 2 atom stereocenters. The molecule has 0 aliphatic carbocycles. The minimum absolute atomic E-state index is 0.623. The van der Waals surface area contributed by atoms with E-state index >= 15 is 0 Å². The lowest BCUT2D eigenvalue weighted by Gasteiger charge is -2.23. The molecule has 1 heteroatoms. The zero-order valence-corrected chi connectivity index (χ0v) is 6.09. The van der Waals surface area contributed by atoms with Gasteiger partial charge in [-0.3, -0.25) is 0 Å². The molecule has 1 N–H and O–H groups in total. The molecule has 1 nitrogen and oxygen atoms in total. The molecule has 0 aromatic carbocycles. The lowest BCUT2D eigenvalue weighted by molar-refractivity contribution is 0.466. The molecule has 0 aromatic rings. The van der Waals surface area contributed by atoms with E-state index in [1.807, 2.05) is 0 Å². The van der Waals surface area contributed by atoms with Crippen molar-refractivity contribution in [1.29, 1.82) is 0 Å². The molecule has 10 heavy (non-hydrogen) atoms. The largest absolute Gasteiger partial charge is 0.307 e. The summed E-state index contributed by atoms with van der Waals surface area (Å²) in [5, 5.41) is 3.57. The Morgan fingerprint density at radius 2 is 1.80 bits per heavy atom. The maximum Gasteiger partial charge on any atom is 0.0287 e. The van der Waals surface area contributed by atoms with E-state index in [4.69, 9.17) is 0 Å². The van der Waals surface area contributed by atoms with Gasteiger partial charge in [-0.05, 0) is 19.3 Å². The van der Waals surface area contributed by atoms with Gasteiger partial charge in [-0.2, -0.15) is 0 Å². The van der Waals surface area contributed by atoms with Crippen LogP contribution in [0.25, 0.3) is 0 Å². The van der Waals surface area contributed by atoms with Gasteiger partial charge in [0.15, 0.2) is 0 Å². The molecule has 2 bridgehead atoms. The highest BCUT2D eigenvalue weighted by molar-refractivity contribution is 5.08. The Morgan fingerprint density at radius 3 is 2.80 bits per heavy atom.